The minimum absolute atomic E-state index is 0.215. The molecule has 118 valence electrons. The summed E-state index contributed by atoms with van der Waals surface area (Å²) in [5.41, 5.74) is 1.27. The fraction of sp³-hybridized carbons (Fsp3) is 0.647. The van der Waals surface area contributed by atoms with E-state index in [-0.39, 0.29) is 12.2 Å². The lowest BCUT2D eigenvalue weighted by atomic mass is 10.1. The van der Waals surface area contributed by atoms with Gasteiger partial charge in [-0.1, -0.05) is 12.1 Å². The number of ether oxygens (including phenoxy) is 2. The Bertz CT molecular complexity index is 419. The molecule has 0 aliphatic carbocycles. The third kappa shape index (κ3) is 5.30. The van der Waals surface area contributed by atoms with Crippen LogP contribution in [-0.2, 0) is 4.74 Å². The Kier molecular flexibility index (Phi) is 6.03. The second kappa shape index (κ2) is 7.78. The molecule has 1 aliphatic rings. The van der Waals surface area contributed by atoms with Crippen molar-refractivity contribution in [1.82, 2.24) is 10.2 Å². The van der Waals surface area contributed by atoms with Crippen LogP contribution < -0.4 is 10.1 Å². The van der Waals surface area contributed by atoms with E-state index in [1.807, 2.05) is 26.0 Å². The molecule has 4 nitrogen and oxygen atoms in total. The molecule has 1 saturated heterocycles. The lowest BCUT2D eigenvalue weighted by Crippen LogP contribution is -2.45. The average Bonchev–Trinajstić information content (AvgIpc) is 2.45. The van der Waals surface area contributed by atoms with E-state index >= 15 is 0 Å². The van der Waals surface area contributed by atoms with Crippen molar-refractivity contribution >= 4 is 0 Å². The molecule has 0 aromatic heterocycles. The number of nitrogens with zero attached hydrogens (tertiary/aromatic N) is 1. The van der Waals surface area contributed by atoms with Gasteiger partial charge in [0, 0.05) is 25.7 Å². The number of likely N-dealkylation sites (N-methyl/N-ethyl adjacent to an activating group) is 1. The van der Waals surface area contributed by atoms with Crippen LogP contribution in [0.15, 0.2) is 24.3 Å². The molecule has 1 aromatic carbocycles. The van der Waals surface area contributed by atoms with E-state index in [1.54, 1.807) is 0 Å². The summed E-state index contributed by atoms with van der Waals surface area (Å²) in [6.07, 6.45) is 0.501. The number of benzene rings is 1. The fourth-order valence-electron chi connectivity index (χ4n) is 2.52. The Morgan fingerprint density at radius 1 is 1.29 bits per heavy atom. The highest BCUT2D eigenvalue weighted by atomic mass is 16.5. The first kappa shape index (κ1) is 16.3. The molecule has 2 rings (SSSR count). The fourth-order valence-corrected chi connectivity index (χ4v) is 2.52. The molecule has 0 amide bonds. The Balaban J connectivity index is 1.81. The molecule has 1 heterocycles. The van der Waals surface area contributed by atoms with Gasteiger partial charge in [0.25, 0.3) is 0 Å². The molecule has 0 radical (unpaired) electrons. The van der Waals surface area contributed by atoms with Gasteiger partial charge in [-0.15, -0.1) is 0 Å². The second-order valence-electron chi connectivity index (χ2n) is 6.12. The smallest absolute Gasteiger partial charge is 0.119 e. The van der Waals surface area contributed by atoms with Gasteiger partial charge in [-0.2, -0.15) is 0 Å². The lowest BCUT2D eigenvalue weighted by Gasteiger charge is -2.31. The maximum Gasteiger partial charge on any atom is 0.119 e. The Morgan fingerprint density at radius 2 is 2.00 bits per heavy atom. The summed E-state index contributed by atoms with van der Waals surface area (Å²) < 4.78 is 11.4. The minimum Gasteiger partial charge on any atom is -0.491 e. The third-order valence-electron chi connectivity index (χ3n) is 3.75. The third-order valence-corrected chi connectivity index (χ3v) is 3.75. The van der Waals surface area contributed by atoms with Gasteiger partial charge in [0.15, 0.2) is 0 Å². The zero-order chi connectivity index (χ0) is 15.2. The summed E-state index contributed by atoms with van der Waals surface area (Å²) in [6, 6.07) is 8.65. The van der Waals surface area contributed by atoms with Crippen LogP contribution in [0, 0.1) is 0 Å². The summed E-state index contributed by atoms with van der Waals surface area (Å²) >= 11 is 0. The number of hydrogen-bond acceptors (Lipinski definition) is 4. The van der Waals surface area contributed by atoms with Gasteiger partial charge in [0.2, 0.25) is 0 Å². The highest BCUT2D eigenvalue weighted by Gasteiger charge is 2.18. The van der Waals surface area contributed by atoms with Gasteiger partial charge in [-0.25, -0.2) is 0 Å². The van der Waals surface area contributed by atoms with Crippen LogP contribution in [0.3, 0.4) is 0 Å². The molecule has 0 bridgehead atoms. The van der Waals surface area contributed by atoms with E-state index in [4.69, 9.17) is 9.47 Å². The molecule has 0 spiro atoms. The first-order valence-electron chi connectivity index (χ1n) is 7.84. The lowest BCUT2D eigenvalue weighted by molar-refractivity contribution is -0.0190. The van der Waals surface area contributed by atoms with Crippen LogP contribution in [0.2, 0.25) is 0 Å². The normalized spacial score (nSPS) is 21.5. The van der Waals surface area contributed by atoms with Crippen LogP contribution >= 0.6 is 0 Å². The minimum atomic E-state index is 0.215. The zero-order valence-corrected chi connectivity index (χ0v) is 13.6. The van der Waals surface area contributed by atoms with Crippen LogP contribution in [0.1, 0.15) is 32.4 Å². The maximum absolute atomic E-state index is 5.77. The molecule has 1 fully saturated rings. The van der Waals surface area contributed by atoms with E-state index in [9.17, 15) is 0 Å². The molecule has 1 aromatic rings. The first-order valence-corrected chi connectivity index (χ1v) is 7.84. The van der Waals surface area contributed by atoms with Crippen molar-refractivity contribution in [3.05, 3.63) is 29.8 Å². The van der Waals surface area contributed by atoms with Crippen LogP contribution in [0.25, 0.3) is 0 Å². The van der Waals surface area contributed by atoms with Crippen molar-refractivity contribution in [3.8, 4) is 5.75 Å². The molecule has 2 atom stereocenters. The van der Waals surface area contributed by atoms with Crippen molar-refractivity contribution in [1.29, 1.82) is 0 Å². The molecular formula is C17H28N2O2. The van der Waals surface area contributed by atoms with Crippen LogP contribution in [-0.4, -0.2) is 50.4 Å². The number of morpholine rings is 1. The van der Waals surface area contributed by atoms with Crippen molar-refractivity contribution in [3.63, 3.8) is 0 Å². The first-order chi connectivity index (χ1) is 10.0. The summed E-state index contributed by atoms with van der Waals surface area (Å²) in [7, 11) is 2.15. The number of rotatable bonds is 6. The van der Waals surface area contributed by atoms with Gasteiger partial charge in [-0.3, -0.25) is 0 Å². The largest absolute Gasteiger partial charge is 0.491 e. The van der Waals surface area contributed by atoms with Crippen molar-refractivity contribution in [2.75, 3.05) is 33.3 Å². The molecule has 1 aliphatic heterocycles. The van der Waals surface area contributed by atoms with E-state index in [2.05, 4.69) is 36.3 Å². The quantitative estimate of drug-likeness (QED) is 0.873. The van der Waals surface area contributed by atoms with E-state index < -0.39 is 0 Å². The highest BCUT2D eigenvalue weighted by molar-refractivity contribution is 5.29. The number of hydrogen-bond donors (Lipinski definition) is 1. The van der Waals surface area contributed by atoms with Crippen LogP contribution in [0.4, 0.5) is 0 Å². The Hall–Kier alpha value is -1.10. The van der Waals surface area contributed by atoms with Crippen molar-refractivity contribution in [2.45, 2.75) is 39.0 Å². The Labute approximate surface area is 128 Å². The Morgan fingerprint density at radius 3 is 2.62 bits per heavy atom. The summed E-state index contributed by atoms with van der Waals surface area (Å²) in [4.78, 5) is 2.32. The van der Waals surface area contributed by atoms with Gasteiger partial charge in [0.05, 0.1) is 18.8 Å². The molecular weight excluding hydrogens is 264 g/mol. The summed E-state index contributed by atoms with van der Waals surface area (Å²) in [6.45, 7) is 10.0. The van der Waals surface area contributed by atoms with Gasteiger partial charge in [-0.05, 0) is 45.5 Å². The highest BCUT2D eigenvalue weighted by Crippen LogP contribution is 2.18. The van der Waals surface area contributed by atoms with Gasteiger partial charge < -0.3 is 19.7 Å². The molecule has 4 heteroatoms. The standard InChI is InChI=1S/C17H28N2O2/c1-13(2)21-16-7-5-15(6-8-16)14(3)18-11-17-12-19(4)9-10-20-17/h5-8,13-14,17-18H,9-12H2,1-4H3. The van der Waals surface area contributed by atoms with Gasteiger partial charge in [0.1, 0.15) is 5.75 Å². The van der Waals surface area contributed by atoms with Crippen molar-refractivity contribution in [2.24, 2.45) is 0 Å². The van der Waals surface area contributed by atoms with E-state index in [0.717, 1.165) is 32.0 Å². The zero-order valence-electron chi connectivity index (χ0n) is 13.6. The SMILES string of the molecule is CC(C)Oc1ccc(C(C)NCC2CN(C)CCO2)cc1. The predicted molar refractivity (Wildman–Crippen MR) is 85.9 cm³/mol. The van der Waals surface area contributed by atoms with E-state index in [1.165, 1.54) is 5.56 Å². The average molecular weight is 292 g/mol. The van der Waals surface area contributed by atoms with Gasteiger partial charge >= 0.3 is 0 Å². The van der Waals surface area contributed by atoms with Crippen molar-refractivity contribution < 1.29 is 9.47 Å². The monoisotopic (exact) mass is 292 g/mol. The molecule has 2 unspecified atom stereocenters. The molecule has 1 N–H and O–H groups in total. The summed E-state index contributed by atoms with van der Waals surface area (Å²) in [5.74, 6) is 0.929. The predicted octanol–water partition coefficient (Wildman–Crippen LogP) is 2.46. The summed E-state index contributed by atoms with van der Waals surface area (Å²) in [5, 5.41) is 3.56. The molecule has 21 heavy (non-hydrogen) atoms. The molecule has 0 saturated carbocycles. The van der Waals surface area contributed by atoms with E-state index in [0.29, 0.717) is 6.04 Å². The maximum atomic E-state index is 5.77. The topological polar surface area (TPSA) is 33.7 Å². The van der Waals surface area contributed by atoms with Crippen LogP contribution in [0.5, 0.6) is 5.75 Å². The number of nitrogens with one attached hydrogen (secondary N) is 1. The second-order valence-corrected chi connectivity index (χ2v) is 6.12.